The van der Waals surface area contributed by atoms with E-state index in [1.165, 1.54) is 6.07 Å². The van der Waals surface area contributed by atoms with Crippen LogP contribution in [-0.4, -0.2) is 25.2 Å². The number of fused-ring (bicyclic) bond motifs is 1. The van der Waals surface area contributed by atoms with Crippen LogP contribution in [-0.2, 0) is 0 Å². The minimum atomic E-state index is -0.384. The van der Waals surface area contributed by atoms with Crippen LogP contribution in [0, 0.1) is 10.1 Å². The van der Waals surface area contributed by atoms with Crippen LogP contribution in [0.2, 0.25) is 0 Å². The van der Waals surface area contributed by atoms with E-state index in [4.69, 9.17) is 0 Å². The van der Waals surface area contributed by atoms with E-state index in [0.29, 0.717) is 11.3 Å². The zero-order chi connectivity index (χ0) is 17.8. The highest BCUT2D eigenvalue weighted by Gasteiger charge is 2.15. The van der Waals surface area contributed by atoms with Gasteiger partial charge in [-0.15, -0.1) is 0 Å². The lowest BCUT2D eigenvalue weighted by atomic mass is 10.1. The lowest BCUT2D eigenvalue weighted by molar-refractivity contribution is -0.384. The summed E-state index contributed by atoms with van der Waals surface area (Å²) in [7, 11) is 3.55. The molecule has 0 heterocycles. The maximum Gasteiger partial charge on any atom is 0.293 e. The van der Waals surface area contributed by atoms with Crippen LogP contribution in [0.4, 0.5) is 17.1 Å². The Morgan fingerprint density at radius 1 is 1.08 bits per heavy atom. The quantitative estimate of drug-likeness (QED) is 0.430. The van der Waals surface area contributed by atoms with Gasteiger partial charge in [-0.3, -0.25) is 15.5 Å². The van der Waals surface area contributed by atoms with Crippen molar-refractivity contribution < 1.29 is 4.92 Å². The van der Waals surface area contributed by atoms with Crippen molar-refractivity contribution >= 4 is 34.0 Å². The van der Waals surface area contributed by atoms with E-state index in [0.717, 1.165) is 16.5 Å². The Kier molecular flexibility index (Phi) is 4.61. The molecule has 1 N–H and O–H groups in total. The first-order valence-corrected chi connectivity index (χ1v) is 7.79. The molecule has 0 aliphatic rings. The molecule has 25 heavy (non-hydrogen) atoms. The van der Waals surface area contributed by atoms with Gasteiger partial charge in [0.25, 0.3) is 5.69 Å². The Balaban J connectivity index is 1.85. The SMILES string of the molecule is CN(C)c1ccc(C=NNc2cccc3ccccc23)cc1[N+](=O)[O-]. The fraction of sp³-hybridized carbons (Fsp3) is 0.105. The van der Waals surface area contributed by atoms with Crippen LogP contribution >= 0.6 is 0 Å². The zero-order valence-electron chi connectivity index (χ0n) is 14.0. The van der Waals surface area contributed by atoms with Gasteiger partial charge < -0.3 is 4.90 Å². The molecule has 0 unspecified atom stereocenters. The molecule has 0 radical (unpaired) electrons. The second-order valence-electron chi connectivity index (χ2n) is 5.80. The fourth-order valence-electron chi connectivity index (χ4n) is 2.64. The van der Waals surface area contributed by atoms with Gasteiger partial charge in [-0.05, 0) is 17.5 Å². The zero-order valence-corrected chi connectivity index (χ0v) is 14.0. The molecule has 0 aliphatic heterocycles. The van der Waals surface area contributed by atoms with Crippen LogP contribution in [0.5, 0.6) is 0 Å². The summed E-state index contributed by atoms with van der Waals surface area (Å²) in [5.41, 5.74) is 5.17. The minimum Gasteiger partial charge on any atom is -0.372 e. The van der Waals surface area contributed by atoms with Crippen molar-refractivity contribution in [1.82, 2.24) is 0 Å². The average Bonchev–Trinajstić information content (AvgIpc) is 2.61. The summed E-state index contributed by atoms with van der Waals surface area (Å²) in [5, 5.41) is 17.6. The van der Waals surface area contributed by atoms with Crippen LogP contribution in [0.1, 0.15) is 5.56 Å². The number of hydrogen-bond acceptors (Lipinski definition) is 5. The first-order valence-electron chi connectivity index (χ1n) is 7.79. The van der Waals surface area contributed by atoms with Crippen LogP contribution in [0.3, 0.4) is 0 Å². The van der Waals surface area contributed by atoms with Gasteiger partial charge in [0.05, 0.1) is 16.8 Å². The van der Waals surface area contributed by atoms with Gasteiger partial charge in [-0.1, -0.05) is 42.5 Å². The maximum absolute atomic E-state index is 11.2. The van der Waals surface area contributed by atoms with E-state index in [2.05, 4.69) is 10.5 Å². The number of hydrazone groups is 1. The lowest BCUT2D eigenvalue weighted by Gasteiger charge is -2.12. The smallest absolute Gasteiger partial charge is 0.293 e. The van der Waals surface area contributed by atoms with Gasteiger partial charge in [0.2, 0.25) is 0 Å². The Morgan fingerprint density at radius 3 is 2.60 bits per heavy atom. The summed E-state index contributed by atoms with van der Waals surface area (Å²) in [4.78, 5) is 12.6. The molecule has 3 aromatic rings. The third-order valence-electron chi connectivity index (χ3n) is 3.87. The molecule has 0 aliphatic carbocycles. The third-order valence-corrected chi connectivity index (χ3v) is 3.87. The van der Waals surface area contributed by atoms with Gasteiger partial charge >= 0.3 is 0 Å². The first-order chi connectivity index (χ1) is 12.1. The van der Waals surface area contributed by atoms with Crippen LogP contribution < -0.4 is 10.3 Å². The molecule has 3 aromatic carbocycles. The summed E-state index contributed by atoms with van der Waals surface area (Å²) < 4.78 is 0. The summed E-state index contributed by atoms with van der Waals surface area (Å²) >= 11 is 0. The predicted molar refractivity (Wildman–Crippen MR) is 103 cm³/mol. The summed E-state index contributed by atoms with van der Waals surface area (Å²) in [5.74, 6) is 0. The van der Waals surface area contributed by atoms with Gasteiger partial charge in [0.1, 0.15) is 5.69 Å². The number of nitrogens with one attached hydrogen (secondary N) is 1. The Hall–Kier alpha value is -3.41. The van der Waals surface area contributed by atoms with E-state index in [1.54, 1.807) is 37.3 Å². The molecule has 6 heteroatoms. The molecule has 0 saturated carbocycles. The van der Waals surface area contributed by atoms with Crippen molar-refractivity contribution in [3.05, 3.63) is 76.3 Å². The molecule has 0 spiro atoms. The van der Waals surface area contributed by atoms with Gasteiger partial charge in [-0.25, -0.2) is 0 Å². The number of nitro groups is 1. The number of benzene rings is 3. The molecule has 0 atom stereocenters. The van der Waals surface area contributed by atoms with Crippen molar-refractivity contribution in [3.63, 3.8) is 0 Å². The molecule has 126 valence electrons. The van der Waals surface area contributed by atoms with E-state index in [9.17, 15) is 10.1 Å². The first kappa shape index (κ1) is 16.4. The maximum atomic E-state index is 11.2. The molecule has 3 rings (SSSR count). The molecular formula is C19H18N4O2. The number of anilines is 2. The predicted octanol–water partition coefficient (Wildman–Crippen LogP) is 4.26. The van der Waals surface area contributed by atoms with Gasteiger partial charge in [0, 0.05) is 31.1 Å². The van der Waals surface area contributed by atoms with E-state index < -0.39 is 0 Å². The van der Waals surface area contributed by atoms with Crippen molar-refractivity contribution in [2.24, 2.45) is 5.10 Å². The molecule has 0 amide bonds. The van der Waals surface area contributed by atoms with E-state index >= 15 is 0 Å². The molecule has 0 saturated heterocycles. The molecule has 0 bridgehead atoms. The standard InChI is InChI=1S/C19H18N4O2/c1-22(2)18-11-10-14(12-19(18)23(24)25)13-20-21-17-9-5-7-15-6-3-4-8-16(15)17/h3-13,21H,1-2H3. The molecular weight excluding hydrogens is 316 g/mol. The Labute approximate surface area is 145 Å². The second-order valence-corrected chi connectivity index (χ2v) is 5.80. The Bertz CT molecular complexity index is 946. The molecule has 0 fully saturated rings. The van der Waals surface area contributed by atoms with E-state index in [-0.39, 0.29) is 10.6 Å². The fourth-order valence-corrected chi connectivity index (χ4v) is 2.64. The van der Waals surface area contributed by atoms with Crippen molar-refractivity contribution in [3.8, 4) is 0 Å². The number of nitro benzene ring substituents is 1. The summed E-state index contributed by atoms with van der Waals surface area (Å²) in [6, 6.07) is 19.0. The molecule has 6 nitrogen and oxygen atoms in total. The monoisotopic (exact) mass is 334 g/mol. The van der Waals surface area contributed by atoms with Gasteiger partial charge in [0.15, 0.2) is 0 Å². The minimum absolute atomic E-state index is 0.0547. The average molecular weight is 334 g/mol. The number of rotatable bonds is 5. The highest BCUT2D eigenvalue weighted by Crippen LogP contribution is 2.27. The van der Waals surface area contributed by atoms with Crippen LogP contribution in [0.25, 0.3) is 10.8 Å². The van der Waals surface area contributed by atoms with Gasteiger partial charge in [-0.2, -0.15) is 5.10 Å². The molecule has 0 aromatic heterocycles. The highest BCUT2D eigenvalue weighted by atomic mass is 16.6. The van der Waals surface area contributed by atoms with E-state index in [1.807, 2.05) is 42.5 Å². The topological polar surface area (TPSA) is 70.8 Å². The lowest BCUT2D eigenvalue weighted by Crippen LogP contribution is -2.11. The second kappa shape index (κ2) is 7.00. The largest absolute Gasteiger partial charge is 0.372 e. The number of hydrogen-bond donors (Lipinski definition) is 1. The van der Waals surface area contributed by atoms with Crippen molar-refractivity contribution in [2.45, 2.75) is 0 Å². The summed E-state index contributed by atoms with van der Waals surface area (Å²) in [6.45, 7) is 0. The highest BCUT2D eigenvalue weighted by molar-refractivity contribution is 5.94. The van der Waals surface area contributed by atoms with Crippen molar-refractivity contribution in [1.29, 1.82) is 0 Å². The Morgan fingerprint density at radius 2 is 1.84 bits per heavy atom. The van der Waals surface area contributed by atoms with Crippen LogP contribution in [0.15, 0.2) is 65.8 Å². The normalized spacial score (nSPS) is 11.0. The number of nitrogens with zero attached hydrogens (tertiary/aromatic N) is 3. The third kappa shape index (κ3) is 3.58. The summed E-state index contributed by atoms with van der Waals surface area (Å²) in [6.07, 6.45) is 1.58. The van der Waals surface area contributed by atoms with Crippen molar-refractivity contribution in [2.75, 3.05) is 24.4 Å².